The van der Waals surface area contributed by atoms with Crippen molar-refractivity contribution >= 4 is 29.5 Å². The maximum atomic E-state index is 12.5. The molecule has 0 radical (unpaired) electrons. The Balaban J connectivity index is 1.57. The average molecular weight is 597 g/mol. The lowest BCUT2D eigenvalue weighted by Crippen LogP contribution is -2.33. The van der Waals surface area contributed by atoms with Crippen molar-refractivity contribution in [1.82, 2.24) is 10.2 Å². The summed E-state index contributed by atoms with van der Waals surface area (Å²) in [5.74, 6) is 1.11. The number of carbonyl (C=O) groups excluding carboxylic acids is 2. The predicted molar refractivity (Wildman–Crippen MR) is 171 cm³/mol. The van der Waals surface area contributed by atoms with Gasteiger partial charge >= 0.3 is 0 Å². The third-order valence-electron chi connectivity index (χ3n) is 7.00. The summed E-state index contributed by atoms with van der Waals surface area (Å²) < 4.78 is 17.3. The van der Waals surface area contributed by atoms with Crippen molar-refractivity contribution in [3.8, 4) is 11.8 Å². The largest absolute Gasteiger partial charge is 0.492 e. The van der Waals surface area contributed by atoms with Crippen LogP contribution in [0.15, 0.2) is 48.7 Å². The molecule has 0 amide bonds. The summed E-state index contributed by atoms with van der Waals surface area (Å²) in [6.07, 6.45) is 4.86. The van der Waals surface area contributed by atoms with Gasteiger partial charge in [0, 0.05) is 29.0 Å². The number of nitriles is 1. The number of benzene rings is 2. The summed E-state index contributed by atoms with van der Waals surface area (Å²) in [6, 6.07) is 12.9. The van der Waals surface area contributed by atoms with Gasteiger partial charge in [-0.05, 0) is 63.5 Å². The summed E-state index contributed by atoms with van der Waals surface area (Å²) in [5, 5.41) is 23.1. The van der Waals surface area contributed by atoms with Crippen LogP contribution in [0, 0.1) is 25.2 Å². The van der Waals surface area contributed by atoms with Crippen molar-refractivity contribution in [2.75, 3.05) is 31.7 Å². The molecule has 0 aliphatic heterocycles. The Kier molecular flexibility index (Phi) is 12.8. The molecule has 0 saturated carbocycles. The van der Waals surface area contributed by atoms with Crippen molar-refractivity contribution in [2.24, 2.45) is 0 Å². The van der Waals surface area contributed by atoms with E-state index in [1.807, 2.05) is 52.0 Å². The minimum Gasteiger partial charge on any atom is -0.492 e. The molecule has 0 fully saturated rings. The number of hydrogen-bond donors (Lipinski definition) is 1. The van der Waals surface area contributed by atoms with E-state index in [-0.39, 0.29) is 31.4 Å². The molecule has 0 bridgehead atoms. The fourth-order valence-corrected chi connectivity index (χ4v) is 4.73. The number of ketones is 2. The zero-order chi connectivity index (χ0) is 32.1. The highest BCUT2D eigenvalue weighted by molar-refractivity contribution is 6.09. The van der Waals surface area contributed by atoms with Gasteiger partial charge in [-0.1, -0.05) is 43.8 Å². The summed E-state index contributed by atoms with van der Waals surface area (Å²) >= 11 is 0. The van der Waals surface area contributed by atoms with E-state index in [9.17, 15) is 14.9 Å². The van der Waals surface area contributed by atoms with E-state index in [0.717, 1.165) is 27.3 Å². The van der Waals surface area contributed by atoms with Crippen LogP contribution in [0.5, 0.6) is 5.75 Å². The van der Waals surface area contributed by atoms with Gasteiger partial charge in [-0.3, -0.25) is 9.59 Å². The van der Waals surface area contributed by atoms with E-state index >= 15 is 0 Å². The Morgan fingerprint density at radius 2 is 1.80 bits per heavy atom. The fourth-order valence-electron chi connectivity index (χ4n) is 4.73. The van der Waals surface area contributed by atoms with E-state index in [2.05, 4.69) is 28.2 Å². The normalized spacial score (nSPS) is 11.6. The molecule has 0 unspecified atom stereocenters. The molecule has 3 rings (SSSR count). The third kappa shape index (κ3) is 8.85. The van der Waals surface area contributed by atoms with Gasteiger partial charge in [-0.25, -0.2) is 0 Å². The topological polar surface area (TPSA) is 123 Å². The van der Waals surface area contributed by atoms with Crippen LogP contribution in [-0.4, -0.2) is 48.2 Å². The number of nitrogens with one attached hydrogen (secondary N) is 1. The minimum atomic E-state index is -0.214. The maximum Gasteiger partial charge on any atom is 0.164 e. The Bertz CT molecular complexity index is 1670. The van der Waals surface area contributed by atoms with Gasteiger partial charge in [-0.2, -0.15) is 10.4 Å². The van der Waals surface area contributed by atoms with Crippen LogP contribution in [-0.2, 0) is 16.0 Å². The Hall–Kier alpha value is -4.81. The van der Waals surface area contributed by atoms with Crippen LogP contribution in [0.3, 0.4) is 0 Å². The molecule has 0 saturated heterocycles. The third-order valence-corrected chi connectivity index (χ3v) is 7.00. The lowest BCUT2D eigenvalue weighted by atomic mass is 9.97. The Labute approximate surface area is 258 Å². The highest BCUT2D eigenvalue weighted by atomic mass is 16.5. The highest BCUT2D eigenvalue weighted by Gasteiger charge is 2.18. The second kappa shape index (κ2) is 16.7. The molecule has 1 N–H and O–H groups in total. The highest BCUT2D eigenvalue weighted by Crippen LogP contribution is 2.25. The first-order valence-corrected chi connectivity index (χ1v) is 14.6. The quantitative estimate of drug-likeness (QED) is 0.139. The molecule has 2 aromatic carbocycles. The second-order valence-electron chi connectivity index (χ2n) is 10.1. The first-order chi connectivity index (χ1) is 21.2. The summed E-state index contributed by atoms with van der Waals surface area (Å²) in [6.45, 7) is 14.7. The van der Waals surface area contributed by atoms with Gasteiger partial charge in [0.1, 0.15) is 24.7 Å². The van der Waals surface area contributed by atoms with Gasteiger partial charge in [0.2, 0.25) is 0 Å². The molecule has 0 atom stereocenters. The summed E-state index contributed by atoms with van der Waals surface area (Å²) in [5.41, 5.74) is 4.03. The van der Waals surface area contributed by atoms with Crippen LogP contribution in [0.4, 0.5) is 5.82 Å². The van der Waals surface area contributed by atoms with Gasteiger partial charge in [0.25, 0.3) is 0 Å². The molecule has 0 aliphatic carbocycles. The van der Waals surface area contributed by atoms with Gasteiger partial charge in [0.15, 0.2) is 17.4 Å². The van der Waals surface area contributed by atoms with Crippen molar-refractivity contribution in [2.45, 2.75) is 54.0 Å². The van der Waals surface area contributed by atoms with Crippen molar-refractivity contribution in [3.05, 3.63) is 92.7 Å². The lowest BCUT2D eigenvalue weighted by Gasteiger charge is -2.13. The zero-order valence-electron chi connectivity index (χ0n) is 26.2. The number of anilines is 1. The van der Waals surface area contributed by atoms with Crippen LogP contribution < -0.4 is 20.5 Å². The number of allylic oxidation sites excluding steroid dienone is 1. The van der Waals surface area contributed by atoms with E-state index in [4.69, 9.17) is 14.2 Å². The maximum absolute atomic E-state index is 12.5. The molecular formula is C35H40N4O5. The monoisotopic (exact) mass is 596 g/mol. The number of aromatic nitrogens is 2. The number of carbonyl (C=O) groups is 2. The van der Waals surface area contributed by atoms with Crippen LogP contribution >= 0.6 is 0 Å². The number of ether oxygens (including phenoxy) is 3. The SMILES string of the molecule is C=C(/C=c1/c(NCc2cccc(C#N)c2C)nnc(C)/c1=C/C)OCCOCCOc1cccc(C(=O)CCC)c1C(C)=O. The summed E-state index contributed by atoms with van der Waals surface area (Å²) in [7, 11) is 0. The standard InChI is InChI=1S/C35H40N4O5/c1-7-11-32(41)30-14-10-15-33(34(30)26(6)40)44-19-17-42-16-18-43-23(3)20-31-29(8-2)25(5)38-39-35(31)37-22-28-13-9-12-27(21-36)24(28)4/h8-10,12-15,20H,3,7,11,16-19,22H2,1-2,4-6H3,(H,37,39)/b29-8-,31-20+. The van der Waals surface area contributed by atoms with Crippen molar-refractivity contribution in [1.29, 1.82) is 5.26 Å². The molecule has 1 aromatic heterocycles. The first-order valence-electron chi connectivity index (χ1n) is 14.6. The molecule has 1 heterocycles. The van der Waals surface area contributed by atoms with Crippen LogP contribution in [0.2, 0.25) is 0 Å². The molecular weight excluding hydrogens is 556 g/mol. The van der Waals surface area contributed by atoms with E-state index in [0.29, 0.717) is 60.0 Å². The second-order valence-corrected chi connectivity index (χ2v) is 10.1. The first kappa shape index (κ1) is 33.7. The van der Waals surface area contributed by atoms with Crippen LogP contribution in [0.25, 0.3) is 12.2 Å². The van der Waals surface area contributed by atoms with Gasteiger partial charge in [-0.15, -0.1) is 5.10 Å². The predicted octanol–water partition coefficient (Wildman–Crippen LogP) is 4.97. The van der Waals surface area contributed by atoms with Gasteiger partial charge < -0.3 is 19.5 Å². The molecule has 44 heavy (non-hydrogen) atoms. The van der Waals surface area contributed by atoms with Gasteiger partial charge in [0.05, 0.1) is 36.1 Å². The zero-order valence-corrected chi connectivity index (χ0v) is 26.2. The van der Waals surface area contributed by atoms with E-state index < -0.39 is 0 Å². The molecule has 0 spiro atoms. The number of Topliss-reactive ketones (excluding diaryl/α,β-unsaturated/α-hetero) is 2. The van der Waals surface area contributed by atoms with Crippen molar-refractivity contribution < 1.29 is 23.8 Å². The Morgan fingerprint density at radius 3 is 2.50 bits per heavy atom. The number of nitrogens with zero attached hydrogens (tertiary/aromatic N) is 3. The molecule has 0 aliphatic rings. The molecule has 3 aromatic rings. The van der Waals surface area contributed by atoms with E-state index in [1.54, 1.807) is 24.3 Å². The average Bonchev–Trinajstić information content (AvgIpc) is 3.00. The lowest BCUT2D eigenvalue weighted by molar-refractivity contribution is 0.0616. The van der Waals surface area contributed by atoms with Crippen LogP contribution in [0.1, 0.15) is 76.7 Å². The Morgan fingerprint density at radius 1 is 1.05 bits per heavy atom. The number of rotatable bonds is 16. The molecule has 9 nitrogen and oxygen atoms in total. The van der Waals surface area contributed by atoms with E-state index in [1.165, 1.54) is 6.92 Å². The molecule has 230 valence electrons. The minimum absolute atomic E-state index is 0.0707. The van der Waals surface area contributed by atoms with Crippen molar-refractivity contribution in [3.63, 3.8) is 0 Å². The summed E-state index contributed by atoms with van der Waals surface area (Å²) in [4.78, 5) is 24.7. The number of aryl methyl sites for hydroxylation is 1. The molecule has 9 heteroatoms. The smallest absolute Gasteiger partial charge is 0.164 e. The number of hydrogen-bond acceptors (Lipinski definition) is 9. The fraction of sp³-hybridized carbons (Fsp3) is 0.343.